The van der Waals surface area contributed by atoms with Crippen molar-refractivity contribution in [1.29, 1.82) is 0 Å². The number of carbonyl (C=O) groups is 1. The van der Waals surface area contributed by atoms with E-state index in [-0.39, 0.29) is 22.6 Å². The van der Waals surface area contributed by atoms with Gasteiger partial charge in [0.1, 0.15) is 0 Å². The van der Waals surface area contributed by atoms with Crippen LogP contribution in [0.1, 0.15) is 12.5 Å². The summed E-state index contributed by atoms with van der Waals surface area (Å²) in [5.41, 5.74) is 2.12. The van der Waals surface area contributed by atoms with Crippen LogP contribution >= 0.6 is 10.8 Å². The second kappa shape index (κ2) is 6.50. The SMILES string of the molecule is C[C@H](Cc1c[nH]c2ccccc12)NC(=O)CSS(=O)(=O)O. The zero-order valence-electron chi connectivity index (χ0n) is 11.4. The van der Waals surface area contributed by atoms with Crippen LogP contribution in [0.2, 0.25) is 0 Å². The van der Waals surface area contributed by atoms with Crippen LogP contribution in [-0.4, -0.2) is 35.7 Å². The van der Waals surface area contributed by atoms with Crippen molar-refractivity contribution in [3.63, 3.8) is 0 Å². The van der Waals surface area contributed by atoms with Crippen molar-refractivity contribution in [2.24, 2.45) is 0 Å². The number of fused-ring (bicyclic) bond motifs is 1. The van der Waals surface area contributed by atoms with Crippen LogP contribution in [0.5, 0.6) is 0 Å². The molecule has 2 rings (SSSR count). The number of H-pyrrole nitrogens is 1. The number of aromatic nitrogens is 1. The molecule has 0 fully saturated rings. The first-order valence-electron chi connectivity index (χ1n) is 6.31. The molecule has 0 aliphatic rings. The molecule has 1 amide bonds. The zero-order chi connectivity index (χ0) is 15.5. The van der Waals surface area contributed by atoms with Crippen molar-refractivity contribution >= 4 is 36.8 Å². The van der Waals surface area contributed by atoms with Gasteiger partial charge in [-0.2, -0.15) is 8.42 Å². The van der Waals surface area contributed by atoms with Crippen LogP contribution in [0.4, 0.5) is 0 Å². The molecule has 0 aliphatic carbocycles. The average Bonchev–Trinajstić information content (AvgIpc) is 2.79. The van der Waals surface area contributed by atoms with Crippen LogP contribution in [-0.2, 0) is 20.4 Å². The average molecular weight is 328 g/mol. The van der Waals surface area contributed by atoms with E-state index in [1.807, 2.05) is 37.4 Å². The maximum atomic E-state index is 11.6. The Bertz CT molecular complexity index is 739. The quantitative estimate of drug-likeness (QED) is 0.554. The Labute approximate surface area is 126 Å². The molecule has 1 aromatic heterocycles. The minimum Gasteiger partial charge on any atom is -0.361 e. The zero-order valence-corrected chi connectivity index (χ0v) is 13.0. The molecular weight excluding hydrogens is 312 g/mol. The fourth-order valence-electron chi connectivity index (χ4n) is 2.13. The van der Waals surface area contributed by atoms with E-state index in [9.17, 15) is 13.2 Å². The van der Waals surface area contributed by atoms with Gasteiger partial charge in [0.25, 0.3) is 0 Å². The molecule has 0 unspecified atom stereocenters. The van der Waals surface area contributed by atoms with E-state index >= 15 is 0 Å². The number of hydrogen-bond acceptors (Lipinski definition) is 4. The monoisotopic (exact) mass is 328 g/mol. The van der Waals surface area contributed by atoms with Gasteiger partial charge in [0.05, 0.1) is 5.75 Å². The number of nitrogens with one attached hydrogen (secondary N) is 2. The maximum Gasteiger partial charge on any atom is 0.320 e. The van der Waals surface area contributed by atoms with E-state index in [4.69, 9.17) is 4.55 Å². The van der Waals surface area contributed by atoms with Gasteiger partial charge in [-0.25, -0.2) is 0 Å². The molecule has 6 nitrogen and oxygen atoms in total. The molecule has 0 aliphatic heterocycles. The second-order valence-electron chi connectivity index (χ2n) is 4.72. The Hall–Kier alpha value is -1.51. The number of aromatic amines is 1. The van der Waals surface area contributed by atoms with Gasteiger partial charge < -0.3 is 10.3 Å². The van der Waals surface area contributed by atoms with Crippen LogP contribution in [0, 0.1) is 0 Å². The third-order valence-electron chi connectivity index (χ3n) is 2.95. The predicted molar refractivity (Wildman–Crippen MR) is 83.6 cm³/mol. The fraction of sp³-hybridized carbons (Fsp3) is 0.308. The van der Waals surface area contributed by atoms with Gasteiger partial charge in [0.2, 0.25) is 5.91 Å². The highest BCUT2D eigenvalue weighted by molar-refractivity contribution is 8.70. The van der Waals surface area contributed by atoms with E-state index in [0.29, 0.717) is 6.42 Å². The fourth-order valence-corrected chi connectivity index (χ4v) is 3.23. The third-order valence-corrected chi connectivity index (χ3v) is 4.87. The molecule has 1 atom stereocenters. The maximum absolute atomic E-state index is 11.6. The van der Waals surface area contributed by atoms with Crippen LogP contribution in [0.25, 0.3) is 10.9 Å². The summed E-state index contributed by atoms with van der Waals surface area (Å²) < 4.78 is 29.7. The molecule has 3 N–H and O–H groups in total. The Morgan fingerprint density at radius 3 is 2.86 bits per heavy atom. The van der Waals surface area contributed by atoms with Crippen molar-refractivity contribution in [1.82, 2.24) is 10.3 Å². The number of rotatable bonds is 6. The Kier molecular flexibility index (Phi) is 4.92. The van der Waals surface area contributed by atoms with Gasteiger partial charge in [0.15, 0.2) is 0 Å². The number of hydrogen-bond donors (Lipinski definition) is 3. The minimum absolute atomic E-state index is 0.140. The molecular formula is C13H16N2O4S2. The summed E-state index contributed by atoms with van der Waals surface area (Å²) in [6.45, 7) is 1.85. The summed E-state index contributed by atoms with van der Waals surface area (Å²) in [5, 5.41) is 3.81. The van der Waals surface area contributed by atoms with Crippen LogP contribution in [0.15, 0.2) is 30.5 Å². The van der Waals surface area contributed by atoms with E-state index in [0.717, 1.165) is 16.5 Å². The predicted octanol–water partition coefficient (Wildman–Crippen LogP) is 1.75. The molecule has 114 valence electrons. The number of benzene rings is 1. The summed E-state index contributed by atoms with van der Waals surface area (Å²) in [5.74, 6) is -0.748. The topological polar surface area (TPSA) is 99.3 Å². The number of para-hydroxylation sites is 1. The standard InChI is InChI=1S/C13H16N2O4S2/c1-9(15-13(16)8-20-21(17,18)19)6-10-7-14-12-5-3-2-4-11(10)12/h2-5,7,9,14H,6,8H2,1H3,(H,15,16)(H,17,18,19)/t9-/m1/s1. The first-order chi connectivity index (χ1) is 9.85. The molecule has 21 heavy (non-hydrogen) atoms. The molecule has 0 bridgehead atoms. The second-order valence-corrected chi connectivity index (χ2v) is 8.07. The Morgan fingerprint density at radius 1 is 1.43 bits per heavy atom. The largest absolute Gasteiger partial charge is 0.361 e. The molecule has 8 heteroatoms. The van der Waals surface area contributed by atoms with Crippen molar-refractivity contribution in [3.05, 3.63) is 36.0 Å². The summed E-state index contributed by atoms with van der Waals surface area (Å²) in [6.07, 6.45) is 2.53. The van der Waals surface area contributed by atoms with E-state index in [2.05, 4.69) is 10.3 Å². The number of amides is 1. The van der Waals surface area contributed by atoms with Gasteiger partial charge in [-0.15, -0.1) is 0 Å². The first kappa shape index (κ1) is 15.9. The molecule has 1 aromatic carbocycles. The summed E-state index contributed by atoms with van der Waals surface area (Å²) in [6, 6.07) is 7.74. The van der Waals surface area contributed by atoms with E-state index in [1.54, 1.807) is 0 Å². The van der Waals surface area contributed by atoms with Crippen molar-refractivity contribution < 1.29 is 17.8 Å². The van der Waals surface area contributed by atoms with Crippen LogP contribution < -0.4 is 5.32 Å². The lowest BCUT2D eigenvalue weighted by molar-refractivity contribution is -0.119. The lowest BCUT2D eigenvalue weighted by Crippen LogP contribution is -2.35. The normalized spacial score (nSPS) is 13.2. The summed E-state index contributed by atoms with van der Waals surface area (Å²) in [4.78, 5) is 14.7. The Morgan fingerprint density at radius 2 is 2.14 bits per heavy atom. The molecule has 0 saturated heterocycles. The molecule has 0 spiro atoms. The van der Waals surface area contributed by atoms with E-state index < -0.39 is 15.1 Å². The van der Waals surface area contributed by atoms with Crippen molar-refractivity contribution in [2.75, 3.05) is 5.75 Å². The minimum atomic E-state index is -4.18. The van der Waals surface area contributed by atoms with Gasteiger partial charge in [-0.05, 0) is 25.0 Å². The molecule has 0 saturated carbocycles. The lowest BCUT2D eigenvalue weighted by atomic mass is 10.1. The molecule has 0 radical (unpaired) electrons. The van der Waals surface area contributed by atoms with Gasteiger partial charge in [-0.1, -0.05) is 18.2 Å². The first-order valence-corrected chi connectivity index (χ1v) is 9.25. The van der Waals surface area contributed by atoms with Crippen molar-refractivity contribution in [3.8, 4) is 0 Å². The summed E-state index contributed by atoms with van der Waals surface area (Å²) >= 11 is 0. The van der Waals surface area contributed by atoms with Crippen LogP contribution in [0.3, 0.4) is 0 Å². The van der Waals surface area contributed by atoms with E-state index in [1.165, 1.54) is 0 Å². The molecule has 1 heterocycles. The van der Waals surface area contributed by atoms with Crippen molar-refractivity contribution in [2.45, 2.75) is 19.4 Å². The molecule has 2 aromatic rings. The lowest BCUT2D eigenvalue weighted by Gasteiger charge is -2.13. The third kappa shape index (κ3) is 4.76. The highest BCUT2D eigenvalue weighted by Crippen LogP contribution is 2.19. The highest BCUT2D eigenvalue weighted by Gasteiger charge is 2.14. The van der Waals surface area contributed by atoms with Gasteiger partial charge in [-0.3, -0.25) is 9.35 Å². The van der Waals surface area contributed by atoms with Gasteiger partial charge in [0, 0.05) is 33.9 Å². The Balaban J connectivity index is 1.92. The highest BCUT2D eigenvalue weighted by atomic mass is 33.1. The summed E-state index contributed by atoms with van der Waals surface area (Å²) in [7, 11) is -3.98. The smallest absolute Gasteiger partial charge is 0.320 e. The van der Waals surface area contributed by atoms with Gasteiger partial charge >= 0.3 is 9.15 Å². The number of carbonyl (C=O) groups excluding carboxylic acids is 1.